The second-order valence-corrected chi connectivity index (χ2v) is 7.37. The van der Waals surface area contributed by atoms with E-state index in [9.17, 15) is 4.79 Å². The summed E-state index contributed by atoms with van der Waals surface area (Å²) >= 11 is 0. The monoisotopic (exact) mass is 367 g/mol. The summed E-state index contributed by atoms with van der Waals surface area (Å²) in [7, 11) is 0. The van der Waals surface area contributed by atoms with Crippen LogP contribution in [0, 0.1) is 0 Å². The first-order chi connectivity index (χ1) is 13.7. The van der Waals surface area contributed by atoms with Gasteiger partial charge in [0, 0.05) is 11.1 Å². The largest absolute Gasteiger partial charge is 0.481 e. The van der Waals surface area contributed by atoms with Gasteiger partial charge in [-0.05, 0) is 65.3 Å². The second-order valence-electron chi connectivity index (χ2n) is 7.37. The quantitative estimate of drug-likeness (QED) is 0.517. The smallest absolute Gasteiger partial charge is 0.265 e. The first-order valence-corrected chi connectivity index (χ1v) is 9.69. The number of nitrogens with one attached hydrogen (secondary N) is 1. The standard InChI is InChI=1S/C25H21NO2/c1-16(28-21-13-11-17-5-2-3-6-20(17)15-21)25(27)26-23-14-12-19-10-9-18-7-4-8-22(23)24(18)19/h2-8,11-16H,9-10H2,1H3,(H,26,27). The van der Waals surface area contributed by atoms with Crippen LogP contribution < -0.4 is 10.1 Å². The highest BCUT2D eigenvalue weighted by molar-refractivity contribution is 6.06. The number of carbonyl (C=O) groups is 1. The van der Waals surface area contributed by atoms with E-state index in [1.807, 2.05) is 42.5 Å². The molecule has 138 valence electrons. The third kappa shape index (κ3) is 2.89. The fourth-order valence-corrected chi connectivity index (χ4v) is 4.09. The maximum Gasteiger partial charge on any atom is 0.265 e. The fraction of sp³-hybridized carbons (Fsp3) is 0.160. The number of carbonyl (C=O) groups excluding carboxylic acids is 1. The molecule has 1 N–H and O–H groups in total. The van der Waals surface area contributed by atoms with Crippen LogP contribution in [0.1, 0.15) is 18.1 Å². The van der Waals surface area contributed by atoms with Gasteiger partial charge in [0.05, 0.1) is 0 Å². The molecule has 0 fully saturated rings. The number of benzene rings is 4. The molecule has 5 rings (SSSR count). The minimum absolute atomic E-state index is 0.146. The fourth-order valence-electron chi connectivity index (χ4n) is 4.09. The van der Waals surface area contributed by atoms with E-state index in [0.717, 1.165) is 34.7 Å². The first-order valence-electron chi connectivity index (χ1n) is 9.69. The molecule has 1 atom stereocenters. The van der Waals surface area contributed by atoms with Crippen LogP contribution in [0.4, 0.5) is 5.69 Å². The second kappa shape index (κ2) is 6.68. The number of hydrogen-bond donors (Lipinski definition) is 1. The van der Waals surface area contributed by atoms with E-state index in [1.165, 1.54) is 16.5 Å². The molecule has 1 unspecified atom stereocenters. The molecule has 28 heavy (non-hydrogen) atoms. The number of rotatable bonds is 4. The van der Waals surface area contributed by atoms with Crippen LogP contribution in [0.5, 0.6) is 5.75 Å². The zero-order valence-corrected chi connectivity index (χ0v) is 15.7. The number of anilines is 1. The van der Waals surface area contributed by atoms with Gasteiger partial charge in [0.25, 0.3) is 5.91 Å². The Bertz CT molecular complexity index is 1200. The van der Waals surface area contributed by atoms with Crippen LogP contribution in [-0.2, 0) is 17.6 Å². The summed E-state index contributed by atoms with van der Waals surface area (Å²) < 4.78 is 5.92. The van der Waals surface area contributed by atoms with Crippen molar-refractivity contribution in [1.29, 1.82) is 0 Å². The van der Waals surface area contributed by atoms with Gasteiger partial charge in [-0.1, -0.05) is 54.6 Å². The number of amides is 1. The molecular formula is C25H21NO2. The first kappa shape index (κ1) is 16.8. The average Bonchev–Trinajstić information content (AvgIpc) is 3.14. The summed E-state index contributed by atoms with van der Waals surface area (Å²) in [5.74, 6) is 0.550. The summed E-state index contributed by atoms with van der Waals surface area (Å²) in [5.41, 5.74) is 3.58. The molecule has 1 aliphatic carbocycles. The Kier molecular flexibility index (Phi) is 4.01. The molecule has 0 aromatic heterocycles. The SMILES string of the molecule is CC(Oc1ccc2ccccc2c1)C(=O)Nc1ccc2c3c(cccc13)CC2. The van der Waals surface area contributed by atoms with Crippen LogP contribution in [0.2, 0.25) is 0 Å². The molecule has 0 aliphatic heterocycles. The zero-order chi connectivity index (χ0) is 19.1. The number of fused-ring (bicyclic) bond motifs is 1. The Morgan fingerprint density at radius 2 is 1.68 bits per heavy atom. The van der Waals surface area contributed by atoms with E-state index in [1.54, 1.807) is 6.92 Å². The van der Waals surface area contributed by atoms with E-state index >= 15 is 0 Å². The lowest BCUT2D eigenvalue weighted by Crippen LogP contribution is -2.30. The lowest BCUT2D eigenvalue weighted by atomic mass is 10.0. The van der Waals surface area contributed by atoms with Crippen LogP contribution in [0.15, 0.2) is 72.8 Å². The Morgan fingerprint density at radius 3 is 2.54 bits per heavy atom. The van der Waals surface area contributed by atoms with E-state index in [2.05, 4.69) is 35.6 Å². The normalized spacial score (nSPS) is 13.6. The molecule has 4 aromatic rings. The lowest BCUT2D eigenvalue weighted by molar-refractivity contribution is -0.122. The van der Waals surface area contributed by atoms with Crippen LogP contribution in [0.25, 0.3) is 21.5 Å². The van der Waals surface area contributed by atoms with Crippen molar-refractivity contribution in [3.63, 3.8) is 0 Å². The van der Waals surface area contributed by atoms with Crippen molar-refractivity contribution in [2.24, 2.45) is 0 Å². The maximum atomic E-state index is 12.8. The molecule has 0 radical (unpaired) electrons. The van der Waals surface area contributed by atoms with Gasteiger partial charge in [0.2, 0.25) is 0 Å². The van der Waals surface area contributed by atoms with Crippen molar-refractivity contribution in [1.82, 2.24) is 0 Å². The van der Waals surface area contributed by atoms with Crippen molar-refractivity contribution in [3.8, 4) is 5.75 Å². The molecule has 0 saturated heterocycles. The van der Waals surface area contributed by atoms with E-state index in [-0.39, 0.29) is 5.91 Å². The summed E-state index contributed by atoms with van der Waals surface area (Å²) in [4.78, 5) is 12.8. The molecular weight excluding hydrogens is 346 g/mol. The predicted molar refractivity (Wildman–Crippen MR) is 114 cm³/mol. The molecule has 1 aliphatic rings. The predicted octanol–water partition coefficient (Wildman–Crippen LogP) is 5.50. The highest BCUT2D eigenvalue weighted by Crippen LogP contribution is 2.35. The van der Waals surface area contributed by atoms with Crippen molar-refractivity contribution in [2.75, 3.05) is 5.32 Å². The summed E-state index contributed by atoms with van der Waals surface area (Å²) in [5, 5.41) is 7.72. The van der Waals surface area contributed by atoms with Gasteiger partial charge in [-0.3, -0.25) is 4.79 Å². The third-order valence-corrected chi connectivity index (χ3v) is 5.54. The minimum atomic E-state index is -0.593. The lowest BCUT2D eigenvalue weighted by Gasteiger charge is -2.16. The van der Waals surface area contributed by atoms with Crippen molar-refractivity contribution < 1.29 is 9.53 Å². The molecule has 0 spiro atoms. The van der Waals surface area contributed by atoms with Gasteiger partial charge >= 0.3 is 0 Å². The van der Waals surface area contributed by atoms with Crippen LogP contribution >= 0.6 is 0 Å². The van der Waals surface area contributed by atoms with Gasteiger partial charge in [-0.25, -0.2) is 0 Å². The summed E-state index contributed by atoms with van der Waals surface area (Å²) in [6.07, 6.45) is 1.56. The van der Waals surface area contributed by atoms with Gasteiger partial charge in [0.15, 0.2) is 6.10 Å². The molecule has 0 saturated carbocycles. The Morgan fingerprint density at radius 1 is 0.893 bits per heavy atom. The van der Waals surface area contributed by atoms with Gasteiger partial charge in [0.1, 0.15) is 5.75 Å². The zero-order valence-electron chi connectivity index (χ0n) is 15.7. The number of aryl methyl sites for hydroxylation is 2. The van der Waals surface area contributed by atoms with Gasteiger partial charge < -0.3 is 10.1 Å². The Hall–Kier alpha value is -3.33. The maximum absolute atomic E-state index is 12.8. The van der Waals surface area contributed by atoms with Gasteiger partial charge in [-0.15, -0.1) is 0 Å². The Labute approximate surface area is 163 Å². The van der Waals surface area contributed by atoms with E-state index in [4.69, 9.17) is 4.74 Å². The van der Waals surface area contributed by atoms with Crippen LogP contribution in [0.3, 0.4) is 0 Å². The van der Waals surface area contributed by atoms with Gasteiger partial charge in [-0.2, -0.15) is 0 Å². The topological polar surface area (TPSA) is 38.3 Å². The molecule has 3 heteroatoms. The average molecular weight is 367 g/mol. The molecule has 1 amide bonds. The highest BCUT2D eigenvalue weighted by Gasteiger charge is 2.19. The summed E-state index contributed by atoms with van der Waals surface area (Å²) in [6.45, 7) is 1.78. The van der Waals surface area contributed by atoms with Crippen molar-refractivity contribution in [3.05, 3.63) is 83.9 Å². The summed E-state index contributed by atoms with van der Waals surface area (Å²) in [6, 6.07) is 24.5. The van der Waals surface area contributed by atoms with Crippen LogP contribution in [-0.4, -0.2) is 12.0 Å². The molecule has 0 bridgehead atoms. The van der Waals surface area contributed by atoms with E-state index in [0.29, 0.717) is 5.75 Å². The van der Waals surface area contributed by atoms with Crippen molar-refractivity contribution >= 4 is 33.1 Å². The van der Waals surface area contributed by atoms with Crippen molar-refractivity contribution in [2.45, 2.75) is 25.9 Å². The minimum Gasteiger partial charge on any atom is -0.481 e. The molecule has 3 nitrogen and oxygen atoms in total. The molecule has 0 heterocycles. The van der Waals surface area contributed by atoms with E-state index < -0.39 is 6.10 Å². The highest BCUT2D eigenvalue weighted by atomic mass is 16.5. The Balaban J connectivity index is 1.37. The number of hydrogen-bond acceptors (Lipinski definition) is 2. The molecule has 4 aromatic carbocycles. The number of ether oxygens (including phenoxy) is 1. The third-order valence-electron chi connectivity index (χ3n) is 5.54.